The van der Waals surface area contributed by atoms with E-state index in [9.17, 15) is 9.59 Å². The normalized spacial score (nSPS) is 23.7. The molecule has 6 heteroatoms. The summed E-state index contributed by atoms with van der Waals surface area (Å²) in [5, 5.41) is 6.76. The number of rotatable bonds is 6. The van der Waals surface area contributed by atoms with E-state index >= 15 is 0 Å². The molecule has 1 fully saturated rings. The smallest absolute Gasteiger partial charge is 0.250 e. The number of nitrogens with one attached hydrogen (secondary N) is 1. The summed E-state index contributed by atoms with van der Waals surface area (Å²) in [6, 6.07) is 5.84. The zero-order chi connectivity index (χ0) is 19.7. The highest BCUT2D eigenvalue weighted by atomic mass is 16.2. The first kappa shape index (κ1) is 19.0. The summed E-state index contributed by atoms with van der Waals surface area (Å²) >= 11 is 0. The monoisotopic (exact) mass is 382 g/mol. The molecule has 4 rings (SSSR count). The van der Waals surface area contributed by atoms with Crippen LogP contribution >= 0.6 is 0 Å². The standard InChI is InChI=1S/C22H30N4O2/c1-15(2)6-8-20-18-10-17(19-4-3-5-22(28)26(19)20)13-25(14-18)21(27)9-7-16-11-23-24-12-16/h3-5,11-12,15,17-18,20H,6-10,13-14H2,1-2H3,(H,23,24)/t17-,18+,20+/m1/s1. The number of aryl methyl sites for hydroxylation is 1. The molecule has 0 aromatic carbocycles. The van der Waals surface area contributed by atoms with Gasteiger partial charge in [-0.3, -0.25) is 14.7 Å². The van der Waals surface area contributed by atoms with E-state index in [0.717, 1.165) is 43.6 Å². The number of likely N-dealkylation sites (tertiary alicyclic amines) is 1. The van der Waals surface area contributed by atoms with Gasteiger partial charge in [0.15, 0.2) is 0 Å². The van der Waals surface area contributed by atoms with Crippen LogP contribution in [0.2, 0.25) is 0 Å². The molecule has 1 N–H and O–H groups in total. The predicted octanol–water partition coefficient (Wildman–Crippen LogP) is 3.13. The maximum absolute atomic E-state index is 12.9. The van der Waals surface area contributed by atoms with Crippen LogP contribution in [0.3, 0.4) is 0 Å². The SMILES string of the molecule is CC(C)CC[C@H]1[C@H]2C[C@H](CN(C(=O)CCc3cn[nH]c3)C2)c2cccc(=O)n21. The van der Waals surface area contributed by atoms with Crippen molar-refractivity contribution in [1.82, 2.24) is 19.7 Å². The second-order valence-electron chi connectivity index (χ2n) is 8.80. The summed E-state index contributed by atoms with van der Waals surface area (Å²) < 4.78 is 2.05. The van der Waals surface area contributed by atoms with Crippen LogP contribution in [-0.2, 0) is 11.2 Å². The topological polar surface area (TPSA) is 71.0 Å². The Morgan fingerprint density at radius 2 is 2.18 bits per heavy atom. The largest absolute Gasteiger partial charge is 0.342 e. The quantitative estimate of drug-likeness (QED) is 0.834. The van der Waals surface area contributed by atoms with Gasteiger partial charge in [0.1, 0.15) is 0 Å². The van der Waals surface area contributed by atoms with Crippen molar-refractivity contribution >= 4 is 5.91 Å². The highest BCUT2D eigenvalue weighted by Gasteiger charge is 2.41. The molecule has 2 aromatic rings. The van der Waals surface area contributed by atoms with E-state index < -0.39 is 0 Å². The first-order valence-electron chi connectivity index (χ1n) is 10.5. The summed E-state index contributed by atoms with van der Waals surface area (Å²) in [4.78, 5) is 27.6. The van der Waals surface area contributed by atoms with Crippen molar-refractivity contribution in [2.75, 3.05) is 13.1 Å². The fourth-order valence-electron chi connectivity index (χ4n) is 4.94. The molecule has 0 spiro atoms. The minimum Gasteiger partial charge on any atom is -0.342 e. The fourth-order valence-corrected chi connectivity index (χ4v) is 4.94. The first-order chi connectivity index (χ1) is 13.5. The lowest BCUT2D eigenvalue weighted by Crippen LogP contribution is -2.51. The van der Waals surface area contributed by atoms with Gasteiger partial charge in [-0.25, -0.2) is 0 Å². The van der Waals surface area contributed by atoms with E-state index in [4.69, 9.17) is 0 Å². The molecular weight excluding hydrogens is 352 g/mol. The molecule has 6 nitrogen and oxygen atoms in total. The molecule has 2 aliphatic rings. The van der Waals surface area contributed by atoms with Crippen LogP contribution in [-0.4, -0.2) is 38.7 Å². The molecule has 4 heterocycles. The Kier molecular flexibility index (Phi) is 5.38. The van der Waals surface area contributed by atoms with Crippen molar-refractivity contribution in [2.45, 2.75) is 57.9 Å². The number of hydrogen-bond acceptors (Lipinski definition) is 3. The van der Waals surface area contributed by atoms with Crippen LogP contribution in [0.25, 0.3) is 0 Å². The van der Waals surface area contributed by atoms with E-state index in [1.165, 1.54) is 0 Å². The van der Waals surface area contributed by atoms with Crippen molar-refractivity contribution in [2.24, 2.45) is 11.8 Å². The highest BCUT2D eigenvalue weighted by Crippen LogP contribution is 2.43. The van der Waals surface area contributed by atoms with Crippen molar-refractivity contribution in [3.05, 3.63) is 52.2 Å². The molecule has 0 aliphatic carbocycles. The van der Waals surface area contributed by atoms with Crippen molar-refractivity contribution in [3.63, 3.8) is 0 Å². The first-order valence-corrected chi connectivity index (χ1v) is 10.5. The van der Waals surface area contributed by atoms with Gasteiger partial charge in [-0.1, -0.05) is 19.9 Å². The van der Waals surface area contributed by atoms with Crippen molar-refractivity contribution in [3.8, 4) is 0 Å². The zero-order valence-corrected chi connectivity index (χ0v) is 16.8. The lowest BCUT2D eigenvalue weighted by Gasteiger charge is -2.47. The van der Waals surface area contributed by atoms with Crippen LogP contribution in [0.4, 0.5) is 0 Å². The number of H-pyrrole nitrogens is 1. The summed E-state index contributed by atoms with van der Waals surface area (Å²) in [6.45, 7) is 5.95. The Morgan fingerprint density at radius 1 is 1.32 bits per heavy atom. The van der Waals surface area contributed by atoms with Crippen molar-refractivity contribution in [1.29, 1.82) is 0 Å². The number of hydrogen-bond donors (Lipinski definition) is 1. The lowest BCUT2D eigenvalue weighted by molar-refractivity contribution is -0.134. The minimum atomic E-state index is 0.112. The molecule has 1 saturated heterocycles. The average molecular weight is 383 g/mol. The third-order valence-corrected chi connectivity index (χ3v) is 6.37. The van der Waals surface area contributed by atoms with Gasteiger partial charge in [0.25, 0.3) is 5.56 Å². The maximum Gasteiger partial charge on any atom is 0.250 e. The minimum absolute atomic E-state index is 0.112. The third kappa shape index (κ3) is 3.77. The molecule has 3 atom stereocenters. The third-order valence-electron chi connectivity index (χ3n) is 6.37. The Bertz CT molecular complexity index is 871. The highest BCUT2D eigenvalue weighted by molar-refractivity contribution is 5.76. The van der Waals surface area contributed by atoms with E-state index in [1.54, 1.807) is 12.3 Å². The predicted molar refractivity (Wildman–Crippen MR) is 108 cm³/mol. The number of piperidine rings is 1. The van der Waals surface area contributed by atoms with Gasteiger partial charge in [0.2, 0.25) is 5.91 Å². The van der Waals surface area contributed by atoms with Crippen molar-refractivity contribution < 1.29 is 4.79 Å². The second-order valence-corrected chi connectivity index (χ2v) is 8.80. The molecule has 150 valence electrons. The van der Waals surface area contributed by atoms with E-state index in [1.807, 2.05) is 17.2 Å². The van der Waals surface area contributed by atoms with E-state index in [0.29, 0.717) is 24.7 Å². The molecule has 28 heavy (non-hydrogen) atoms. The summed E-state index contributed by atoms with van der Waals surface area (Å²) in [5.74, 6) is 1.45. The Morgan fingerprint density at radius 3 is 2.93 bits per heavy atom. The number of carbonyl (C=O) groups is 1. The molecule has 0 unspecified atom stereocenters. The number of nitrogens with zero attached hydrogens (tertiary/aromatic N) is 3. The molecule has 2 aliphatic heterocycles. The molecule has 2 aromatic heterocycles. The molecule has 1 amide bonds. The van der Waals surface area contributed by atoms with Crippen LogP contribution < -0.4 is 5.56 Å². The lowest BCUT2D eigenvalue weighted by atomic mass is 9.76. The molecular formula is C22H30N4O2. The maximum atomic E-state index is 12.9. The van der Waals surface area contributed by atoms with Gasteiger partial charge in [-0.2, -0.15) is 5.10 Å². The Balaban J connectivity index is 1.54. The number of carbonyl (C=O) groups excluding carboxylic acids is 1. The van der Waals surface area contributed by atoms with E-state index in [2.05, 4.69) is 34.7 Å². The second kappa shape index (κ2) is 7.94. The van der Waals surface area contributed by atoms with Crippen LogP contribution in [0.5, 0.6) is 0 Å². The molecule has 0 saturated carbocycles. The van der Waals surface area contributed by atoms with Crippen LogP contribution in [0.15, 0.2) is 35.4 Å². The molecule has 2 bridgehead atoms. The fraction of sp³-hybridized carbons (Fsp3) is 0.591. The number of aromatic nitrogens is 3. The summed E-state index contributed by atoms with van der Waals surface area (Å²) in [5.41, 5.74) is 2.29. The summed E-state index contributed by atoms with van der Waals surface area (Å²) in [6.07, 6.45) is 8.04. The average Bonchev–Trinajstić information content (AvgIpc) is 3.20. The Labute approximate surface area is 165 Å². The number of amides is 1. The Hall–Kier alpha value is -2.37. The van der Waals surface area contributed by atoms with Gasteiger partial charge < -0.3 is 9.47 Å². The van der Waals surface area contributed by atoms with Gasteiger partial charge in [0, 0.05) is 49.4 Å². The summed E-state index contributed by atoms with van der Waals surface area (Å²) in [7, 11) is 0. The van der Waals surface area contributed by atoms with Gasteiger partial charge in [0.05, 0.1) is 6.20 Å². The van der Waals surface area contributed by atoms with Crippen LogP contribution in [0, 0.1) is 11.8 Å². The number of pyridine rings is 1. The zero-order valence-electron chi connectivity index (χ0n) is 16.8. The van der Waals surface area contributed by atoms with Gasteiger partial charge in [-0.05, 0) is 49.1 Å². The van der Waals surface area contributed by atoms with Gasteiger partial charge in [-0.15, -0.1) is 0 Å². The van der Waals surface area contributed by atoms with Gasteiger partial charge >= 0.3 is 0 Å². The van der Waals surface area contributed by atoms with Crippen LogP contribution in [0.1, 0.15) is 62.7 Å². The number of aromatic amines is 1. The number of fused-ring (bicyclic) bond motifs is 4. The molecule has 0 radical (unpaired) electrons. The van der Waals surface area contributed by atoms with E-state index in [-0.39, 0.29) is 23.4 Å².